The molecule has 0 aliphatic carbocycles. The van der Waals surface area contributed by atoms with Crippen LogP contribution in [0.5, 0.6) is 0 Å². The molecule has 5 aromatic rings. The highest BCUT2D eigenvalue weighted by atomic mass is 79.9. The van der Waals surface area contributed by atoms with E-state index in [-0.39, 0.29) is 18.0 Å². The smallest absolute Gasteiger partial charge is 0.260 e. The van der Waals surface area contributed by atoms with Crippen LogP contribution in [0.15, 0.2) is 94.2 Å². The molecule has 0 saturated carbocycles. The lowest BCUT2D eigenvalue weighted by Crippen LogP contribution is -2.20. The van der Waals surface area contributed by atoms with Crippen molar-refractivity contribution in [2.45, 2.75) is 6.54 Å². The summed E-state index contributed by atoms with van der Waals surface area (Å²) in [4.78, 5) is 30.6. The lowest BCUT2D eigenvalue weighted by Gasteiger charge is -2.08. The molecule has 5 rings (SSSR count). The fourth-order valence-electron chi connectivity index (χ4n) is 3.66. The Kier molecular flexibility index (Phi) is 4.88. The van der Waals surface area contributed by atoms with E-state index in [1.807, 2.05) is 78.9 Å². The standard InChI is InChI=1S/C24H17BrN4O2/c25-17-10-12-18(13-11-17)26-22(30)15-28-20-8-4-5-9-21(20)29-23(31)14-19(27-24(28)29)16-6-2-1-3-7-16/h1-14H,15H2,(H,26,30). The molecule has 3 aromatic carbocycles. The summed E-state index contributed by atoms with van der Waals surface area (Å²) >= 11 is 3.39. The lowest BCUT2D eigenvalue weighted by atomic mass is 10.1. The number of fused-ring (bicyclic) bond motifs is 3. The van der Waals surface area contributed by atoms with Crippen LogP contribution in [0.1, 0.15) is 0 Å². The number of hydrogen-bond acceptors (Lipinski definition) is 3. The second-order valence-corrected chi connectivity index (χ2v) is 8.03. The first-order chi connectivity index (χ1) is 15.1. The molecule has 0 fully saturated rings. The van der Waals surface area contributed by atoms with E-state index in [0.29, 0.717) is 22.7 Å². The molecule has 2 heterocycles. The number of carbonyl (C=O) groups is 1. The molecule has 0 radical (unpaired) electrons. The second-order valence-electron chi connectivity index (χ2n) is 7.11. The average Bonchev–Trinajstić information content (AvgIpc) is 3.10. The van der Waals surface area contributed by atoms with Gasteiger partial charge >= 0.3 is 0 Å². The van der Waals surface area contributed by atoms with E-state index in [0.717, 1.165) is 15.6 Å². The van der Waals surface area contributed by atoms with Gasteiger partial charge < -0.3 is 9.88 Å². The van der Waals surface area contributed by atoms with Gasteiger partial charge in [0.15, 0.2) is 0 Å². The number of halogens is 1. The highest BCUT2D eigenvalue weighted by Crippen LogP contribution is 2.22. The van der Waals surface area contributed by atoms with Crippen molar-refractivity contribution < 1.29 is 4.79 Å². The van der Waals surface area contributed by atoms with Crippen LogP contribution < -0.4 is 10.9 Å². The highest BCUT2D eigenvalue weighted by molar-refractivity contribution is 9.10. The zero-order valence-corrected chi connectivity index (χ0v) is 17.9. The van der Waals surface area contributed by atoms with Crippen molar-refractivity contribution in [1.82, 2.24) is 14.0 Å². The van der Waals surface area contributed by atoms with Gasteiger partial charge in [-0.3, -0.25) is 9.59 Å². The van der Waals surface area contributed by atoms with Crippen molar-refractivity contribution in [2.75, 3.05) is 5.32 Å². The second kappa shape index (κ2) is 7.85. The van der Waals surface area contributed by atoms with Crippen molar-refractivity contribution >= 4 is 44.3 Å². The number of amides is 1. The predicted octanol–water partition coefficient (Wildman–Crippen LogP) is 4.72. The molecule has 0 aliphatic rings. The molecular weight excluding hydrogens is 456 g/mol. The van der Waals surface area contributed by atoms with E-state index in [4.69, 9.17) is 4.98 Å². The summed E-state index contributed by atoms with van der Waals surface area (Å²) in [6.45, 7) is 0.0256. The van der Waals surface area contributed by atoms with Crippen molar-refractivity contribution in [1.29, 1.82) is 0 Å². The monoisotopic (exact) mass is 472 g/mol. The number of imidazole rings is 1. The number of hydrogen-bond donors (Lipinski definition) is 1. The minimum absolute atomic E-state index is 0.0256. The molecular formula is C24H17BrN4O2. The quantitative estimate of drug-likeness (QED) is 0.411. The van der Waals surface area contributed by atoms with Gasteiger partial charge in [-0.25, -0.2) is 9.38 Å². The first-order valence-corrected chi connectivity index (χ1v) is 10.5. The van der Waals surface area contributed by atoms with E-state index < -0.39 is 0 Å². The minimum Gasteiger partial charge on any atom is -0.325 e. The van der Waals surface area contributed by atoms with Gasteiger partial charge in [-0.05, 0) is 36.4 Å². The van der Waals surface area contributed by atoms with Gasteiger partial charge in [0.25, 0.3) is 5.56 Å². The summed E-state index contributed by atoms with van der Waals surface area (Å²) in [6.07, 6.45) is 0. The van der Waals surface area contributed by atoms with Crippen molar-refractivity contribution in [3.05, 3.63) is 99.8 Å². The summed E-state index contributed by atoms with van der Waals surface area (Å²) < 4.78 is 4.26. The molecule has 0 atom stereocenters. The van der Waals surface area contributed by atoms with Gasteiger partial charge in [0, 0.05) is 21.8 Å². The largest absolute Gasteiger partial charge is 0.325 e. The Balaban J connectivity index is 1.63. The number of para-hydroxylation sites is 2. The maximum absolute atomic E-state index is 13.0. The van der Waals surface area contributed by atoms with Crippen molar-refractivity contribution in [3.8, 4) is 11.3 Å². The molecule has 1 N–H and O–H groups in total. The summed E-state index contributed by atoms with van der Waals surface area (Å²) in [7, 11) is 0. The van der Waals surface area contributed by atoms with Gasteiger partial charge in [-0.1, -0.05) is 58.4 Å². The van der Waals surface area contributed by atoms with E-state index in [2.05, 4.69) is 21.2 Å². The van der Waals surface area contributed by atoms with Gasteiger partial charge in [-0.15, -0.1) is 0 Å². The molecule has 6 nitrogen and oxygen atoms in total. The van der Waals surface area contributed by atoms with E-state index in [1.165, 1.54) is 6.07 Å². The molecule has 1 amide bonds. The van der Waals surface area contributed by atoms with E-state index in [9.17, 15) is 9.59 Å². The van der Waals surface area contributed by atoms with Crippen molar-refractivity contribution in [3.63, 3.8) is 0 Å². The van der Waals surface area contributed by atoms with Crippen LogP contribution in [0.25, 0.3) is 28.1 Å². The third kappa shape index (κ3) is 3.64. The van der Waals surface area contributed by atoms with Gasteiger partial charge in [0.2, 0.25) is 11.7 Å². The number of rotatable bonds is 4. The number of nitrogens with zero attached hydrogens (tertiary/aromatic N) is 3. The fraction of sp³-hybridized carbons (Fsp3) is 0.0417. The molecule has 0 saturated heterocycles. The van der Waals surface area contributed by atoms with Crippen LogP contribution in [-0.4, -0.2) is 19.9 Å². The van der Waals surface area contributed by atoms with Gasteiger partial charge in [-0.2, -0.15) is 0 Å². The first-order valence-electron chi connectivity index (χ1n) is 9.72. The molecule has 152 valence electrons. The number of nitrogens with one attached hydrogen (secondary N) is 1. The number of carbonyl (C=O) groups excluding carboxylic acids is 1. The normalized spacial score (nSPS) is 11.1. The summed E-state index contributed by atoms with van der Waals surface area (Å²) in [5, 5.41) is 2.90. The molecule has 0 spiro atoms. The maximum Gasteiger partial charge on any atom is 0.260 e. The Morgan fingerprint density at radius 1 is 0.903 bits per heavy atom. The molecule has 0 aliphatic heterocycles. The predicted molar refractivity (Wildman–Crippen MR) is 125 cm³/mol. The Morgan fingerprint density at radius 3 is 2.32 bits per heavy atom. The van der Waals surface area contributed by atoms with Gasteiger partial charge in [0.1, 0.15) is 6.54 Å². The van der Waals surface area contributed by atoms with Crippen molar-refractivity contribution in [2.24, 2.45) is 0 Å². The van der Waals surface area contributed by atoms with Crippen LogP contribution in [0, 0.1) is 0 Å². The van der Waals surface area contributed by atoms with Gasteiger partial charge in [0.05, 0.1) is 16.7 Å². The Morgan fingerprint density at radius 2 is 1.58 bits per heavy atom. The Bertz CT molecular complexity index is 1470. The number of aromatic nitrogens is 3. The van der Waals surface area contributed by atoms with E-state index in [1.54, 1.807) is 8.97 Å². The highest BCUT2D eigenvalue weighted by Gasteiger charge is 2.17. The third-order valence-corrected chi connectivity index (χ3v) is 5.58. The fourth-order valence-corrected chi connectivity index (χ4v) is 3.92. The average molecular weight is 473 g/mol. The van der Waals surface area contributed by atoms with Crippen LogP contribution >= 0.6 is 15.9 Å². The summed E-state index contributed by atoms with van der Waals surface area (Å²) in [6, 6.07) is 25.9. The van der Waals surface area contributed by atoms with E-state index >= 15 is 0 Å². The van der Waals surface area contributed by atoms with Crippen LogP contribution in [0.2, 0.25) is 0 Å². The molecule has 0 bridgehead atoms. The maximum atomic E-state index is 13.0. The molecule has 2 aromatic heterocycles. The Hall–Kier alpha value is -3.71. The van der Waals surface area contributed by atoms with Crippen LogP contribution in [0.3, 0.4) is 0 Å². The Labute approximate surface area is 185 Å². The molecule has 0 unspecified atom stereocenters. The first kappa shape index (κ1) is 19.3. The number of benzene rings is 3. The minimum atomic E-state index is -0.204. The summed E-state index contributed by atoms with van der Waals surface area (Å²) in [5.41, 5.74) is 3.41. The van der Waals surface area contributed by atoms with Crippen LogP contribution in [-0.2, 0) is 11.3 Å². The molecule has 7 heteroatoms. The summed E-state index contributed by atoms with van der Waals surface area (Å²) in [5.74, 6) is 0.225. The zero-order chi connectivity index (χ0) is 21.4. The zero-order valence-electron chi connectivity index (χ0n) is 16.3. The topological polar surface area (TPSA) is 68.4 Å². The number of anilines is 1. The molecule has 31 heavy (non-hydrogen) atoms. The lowest BCUT2D eigenvalue weighted by molar-refractivity contribution is -0.116. The third-order valence-electron chi connectivity index (χ3n) is 5.06. The van der Waals surface area contributed by atoms with Crippen LogP contribution in [0.4, 0.5) is 5.69 Å². The SMILES string of the molecule is O=C(Cn1c2ccccc2n2c(=O)cc(-c3ccccc3)nc12)Nc1ccc(Br)cc1.